The Balaban J connectivity index is 1.35. The molecule has 0 aliphatic carbocycles. The third-order valence-electron chi connectivity index (χ3n) is 5.72. The molecule has 0 radical (unpaired) electrons. The smallest absolute Gasteiger partial charge is 0.272 e. The number of carbonyl (C=O) groups is 1. The lowest BCUT2D eigenvalue weighted by Crippen LogP contribution is -2.18. The van der Waals surface area contributed by atoms with Crippen LogP contribution in [0.4, 0.5) is 0 Å². The van der Waals surface area contributed by atoms with Crippen molar-refractivity contribution in [3.8, 4) is 22.8 Å². The van der Waals surface area contributed by atoms with Gasteiger partial charge >= 0.3 is 0 Å². The van der Waals surface area contributed by atoms with E-state index in [0.717, 1.165) is 22.1 Å². The Hall–Kier alpha value is -5.04. The maximum absolute atomic E-state index is 13.1. The minimum absolute atomic E-state index is 0.339. The molecule has 182 valence electrons. The fraction of sp³-hybridized carbons (Fsp3) is 0.0667. The average molecular weight is 489 g/mol. The molecule has 5 rings (SSSR count). The molecule has 0 bridgehead atoms. The third kappa shape index (κ3) is 5.62. The van der Waals surface area contributed by atoms with Crippen molar-refractivity contribution in [2.75, 3.05) is 7.11 Å². The van der Waals surface area contributed by atoms with Gasteiger partial charge in [0.25, 0.3) is 5.91 Å². The number of hydrazone groups is 1. The highest BCUT2D eigenvalue weighted by Gasteiger charge is 2.14. The predicted octanol–water partition coefficient (Wildman–Crippen LogP) is 5.65. The lowest BCUT2D eigenvalue weighted by Gasteiger charge is -2.11. The maximum atomic E-state index is 13.1. The van der Waals surface area contributed by atoms with Crippen molar-refractivity contribution < 1.29 is 14.3 Å². The summed E-state index contributed by atoms with van der Waals surface area (Å²) in [6.07, 6.45) is 4.99. The van der Waals surface area contributed by atoms with Crippen molar-refractivity contribution in [2.45, 2.75) is 6.61 Å². The van der Waals surface area contributed by atoms with Gasteiger partial charge in [-0.25, -0.2) is 10.4 Å². The third-order valence-corrected chi connectivity index (χ3v) is 5.72. The highest BCUT2D eigenvalue weighted by atomic mass is 16.5. The van der Waals surface area contributed by atoms with E-state index in [2.05, 4.69) is 15.5 Å². The zero-order chi connectivity index (χ0) is 25.5. The lowest BCUT2D eigenvalue weighted by molar-refractivity contribution is 0.0956. The van der Waals surface area contributed by atoms with E-state index < -0.39 is 0 Å². The van der Waals surface area contributed by atoms with Crippen LogP contribution >= 0.6 is 0 Å². The van der Waals surface area contributed by atoms with Gasteiger partial charge in [0, 0.05) is 23.3 Å². The predicted molar refractivity (Wildman–Crippen MR) is 144 cm³/mol. The molecule has 1 amide bonds. The second kappa shape index (κ2) is 11.1. The Labute approximate surface area is 214 Å². The summed E-state index contributed by atoms with van der Waals surface area (Å²) < 4.78 is 11.4. The summed E-state index contributed by atoms with van der Waals surface area (Å²) in [7, 11) is 1.59. The molecule has 5 aromatic rings. The van der Waals surface area contributed by atoms with Crippen LogP contribution < -0.4 is 14.9 Å². The van der Waals surface area contributed by atoms with Crippen LogP contribution in [0.3, 0.4) is 0 Å². The first kappa shape index (κ1) is 23.7. The number of nitrogens with zero attached hydrogens (tertiary/aromatic N) is 3. The second-order valence-corrected chi connectivity index (χ2v) is 8.20. The van der Waals surface area contributed by atoms with Crippen LogP contribution in [0.15, 0.2) is 108 Å². The number of methoxy groups -OCH3 is 1. The molecule has 2 heterocycles. The Kier molecular flexibility index (Phi) is 7.13. The van der Waals surface area contributed by atoms with E-state index in [4.69, 9.17) is 14.5 Å². The van der Waals surface area contributed by atoms with Gasteiger partial charge in [-0.3, -0.25) is 9.78 Å². The minimum Gasteiger partial charge on any atom is -0.493 e. The molecule has 0 fully saturated rings. The van der Waals surface area contributed by atoms with Crippen LogP contribution in [0.5, 0.6) is 11.5 Å². The molecule has 0 unspecified atom stereocenters. The molecule has 0 saturated carbocycles. The van der Waals surface area contributed by atoms with E-state index in [9.17, 15) is 4.79 Å². The largest absolute Gasteiger partial charge is 0.493 e. The van der Waals surface area contributed by atoms with Gasteiger partial charge in [-0.15, -0.1) is 0 Å². The Morgan fingerprint density at radius 1 is 0.946 bits per heavy atom. The van der Waals surface area contributed by atoms with E-state index in [1.165, 1.54) is 0 Å². The van der Waals surface area contributed by atoms with Gasteiger partial charge in [-0.05, 0) is 53.6 Å². The molecular formula is C30H24N4O3. The van der Waals surface area contributed by atoms with Gasteiger partial charge in [-0.2, -0.15) is 5.10 Å². The molecule has 7 heteroatoms. The number of hydrogen-bond donors (Lipinski definition) is 1. The number of fused-ring (bicyclic) bond motifs is 1. The second-order valence-electron chi connectivity index (χ2n) is 8.20. The van der Waals surface area contributed by atoms with Gasteiger partial charge < -0.3 is 9.47 Å². The van der Waals surface area contributed by atoms with Crippen LogP contribution in [0.2, 0.25) is 0 Å². The van der Waals surface area contributed by atoms with E-state index >= 15 is 0 Å². The van der Waals surface area contributed by atoms with E-state index in [1.54, 1.807) is 37.9 Å². The number of para-hydroxylation sites is 1. The summed E-state index contributed by atoms with van der Waals surface area (Å²) in [6.45, 7) is 0.406. The Bertz CT molecular complexity index is 1550. The molecule has 2 aromatic heterocycles. The Morgan fingerprint density at radius 3 is 2.59 bits per heavy atom. The molecular weight excluding hydrogens is 464 g/mol. The van der Waals surface area contributed by atoms with Crippen LogP contribution in [-0.2, 0) is 6.61 Å². The molecule has 0 aliphatic heterocycles. The summed E-state index contributed by atoms with van der Waals surface area (Å²) in [5.74, 6) is 0.861. The van der Waals surface area contributed by atoms with Crippen molar-refractivity contribution >= 4 is 23.0 Å². The normalized spacial score (nSPS) is 10.9. The highest BCUT2D eigenvalue weighted by molar-refractivity contribution is 6.07. The van der Waals surface area contributed by atoms with Crippen LogP contribution in [0, 0.1) is 0 Å². The van der Waals surface area contributed by atoms with Gasteiger partial charge in [-0.1, -0.05) is 48.5 Å². The molecule has 7 nitrogen and oxygen atoms in total. The molecule has 0 saturated heterocycles. The SMILES string of the molecule is COc1ccc(C=NNC(=O)c2cc(-c3cccnc3)nc3ccccc23)cc1OCc1ccccc1. The van der Waals surface area contributed by atoms with Crippen molar-refractivity contribution in [3.05, 3.63) is 120 Å². The summed E-state index contributed by atoms with van der Waals surface area (Å²) in [5.41, 5.74) is 7.12. The Morgan fingerprint density at radius 2 is 1.78 bits per heavy atom. The van der Waals surface area contributed by atoms with Gasteiger partial charge in [0.1, 0.15) is 6.61 Å². The molecule has 37 heavy (non-hydrogen) atoms. The first-order chi connectivity index (χ1) is 18.2. The zero-order valence-corrected chi connectivity index (χ0v) is 20.2. The fourth-order valence-electron chi connectivity index (χ4n) is 3.87. The number of nitrogens with one attached hydrogen (secondary N) is 1. The summed E-state index contributed by atoms with van der Waals surface area (Å²) in [4.78, 5) is 22.0. The van der Waals surface area contributed by atoms with Gasteiger partial charge in [0.05, 0.1) is 30.1 Å². The molecule has 0 aliphatic rings. The van der Waals surface area contributed by atoms with Crippen molar-refractivity contribution in [2.24, 2.45) is 5.10 Å². The van der Waals surface area contributed by atoms with Gasteiger partial charge in [0.15, 0.2) is 11.5 Å². The van der Waals surface area contributed by atoms with Crippen LogP contribution in [0.25, 0.3) is 22.2 Å². The number of amides is 1. The van der Waals surface area contributed by atoms with Crippen molar-refractivity contribution in [1.82, 2.24) is 15.4 Å². The molecule has 1 N–H and O–H groups in total. The summed E-state index contributed by atoms with van der Waals surface area (Å²) in [6, 6.07) is 28.4. The van der Waals surface area contributed by atoms with E-state index in [1.807, 2.05) is 78.9 Å². The number of hydrogen-bond acceptors (Lipinski definition) is 6. The topological polar surface area (TPSA) is 85.7 Å². The lowest BCUT2D eigenvalue weighted by atomic mass is 10.0. The van der Waals surface area contributed by atoms with Crippen molar-refractivity contribution in [1.29, 1.82) is 0 Å². The van der Waals surface area contributed by atoms with Crippen molar-refractivity contribution in [3.63, 3.8) is 0 Å². The van der Waals surface area contributed by atoms with E-state index in [0.29, 0.717) is 34.9 Å². The molecule has 3 aromatic carbocycles. The number of carbonyl (C=O) groups excluding carboxylic acids is 1. The maximum Gasteiger partial charge on any atom is 0.272 e. The van der Waals surface area contributed by atoms with Gasteiger partial charge in [0.2, 0.25) is 0 Å². The number of benzene rings is 3. The summed E-state index contributed by atoms with van der Waals surface area (Å²) >= 11 is 0. The average Bonchev–Trinajstić information content (AvgIpc) is 2.96. The number of ether oxygens (including phenoxy) is 2. The highest BCUT2D eigenvalue weighted by Crippen LogP contribution is 2.28. The quantitative estimate of drug-likeness (QED) is 0.225. The molecule has 0 atom stereocenters. The standard InChI is InChI=1S/C30H24N4O3/c1-36-28-14-13-22(16-29(28)37-20-21-8-3-2-4-9-21)18-32-34-30(35)25-17-27(23-10-7-15-31-19-23)33-26-12-6-5-11-24(25)26/h2-19H,20H2,1H3,(H,34,35). The van der Waals surface area contributed by atoms with Crippen LogP contribution in [0.1, 0.15) is 21.5 Å². The first-order valence-electron chi connectivity index (χ1n) is 11.7. The van der Waals surface area contributed by atoms with Crippen LogP contribution in [-0.4, -0.2) is 29.2 Å². The summed E-state index contributed by atoms with van der Waals surface area (Å²) in [5, 5.41) is 4.93. The first-order valence-corrected chi connectivity index (χ1v) is 11.7. The number of aromatic nitrogens is 2. The van der Waals surface area contributed by atoms with E-state index in [-0.39, 0.29) is 5.91 Å². The number of rotatable bonds is 8. The number of pyridine rings is 2. The monoisotopic (exact) mass is 488 g/mol. The zero-order valence-electron chi connectivity index (χ0n) is 20.2. The molecule has 0 spiro atoms. The minimum atomic E-state index is -0.339. The fourth-order valence-corrected chi connectivity index (χ4v) is 3.87.